The Bertz CT molecular complexity index is 1010. The van der Waals surface area contributed by atoms with E-state index < -0.39 is 0 Å². The first-order valence-electron chi connectivity index (χ1n) is 9.32. The smallest absolute Gasteiger partial charge is 0.250 e. The van der Waals surface area contributed by atoms with E-state index in [0.29, 0.717) is 49.8 Å². The summed E-state index contributed by atoms with van der Waals surface area (Å²) < 4.78 is 19.6. The van der Waals surface area contributed by atoms with Crippen molar-refractivity contribution in [2.75, 3.05) is 41.9 Å². The normalized spacial score (nSPS) is 14.1. The van der Waals surface area contributed by atoms with Gasteiger partial charge < -0.3 is 15.0 Å². The van der Waals surface area contributed by atoms with Gasteiger partial charge in [-0.1, -0.05) is 28.1 Å². The lowest BCUT2D eigenvalue weighted by Gasteiger charge is -2.27. The van der Waals surface area contributed by atoms with Crippen LogP contribution in [0.3, 0.4) is 0 Å². The van der Waals surface area contributed by atoms with Gasteiger partial charge in [0.05, 0.1) is 19.4 Å². The predicted octanol–water partition coefficient (Wildman–Crippen LogP) is 3.80. The zero-order valence-electron chi connectivity index (χ0n) is 15.9. The Morgan fingerprint density at radius 1 is 0.967 bits per heavy atom. The van der Waals surface area contributed by atoms with Gasteiger partial charge in [0.25, 0.3) is 0 Å². The summed E-state index contributed by atoms with van der Waals surface area (Å²) in [5, 5.41) is 7.31. The van der Waals surface area contributed by atoms with Crippen LogP contribution in [0.4, 0.5) is 27.9 Å². The fraction of sp³-hybridized carbons (Fsp3) is 0.200. The number of nitrogens with one attached hydrogen (secondary N) is 2. The number of hydrogen-bond donors (Lipinski definition) is 2. The highest BCUT2D eigenvalue weighted by atomic mass is 79.9. The number of hydrazone groups is 1. The van der Waals surface area contributed by atoms with Crippen LogP contribution in [-0.2, 0) is 4.74 Å². The molecule has 0 saturated carbocycles. The molecule has 3 aromatic rings. The summed E-state index contributed by atoms with van der Waals surface area (Å²) in [7, 11) is 0. The highest BCUT2D eigenvalue weighted by Crippen LogP contribution is 2.19. The Labute approximate surface area is 181 Å². The second kappa shape index (κ2) is 9.59. The van der Waals surface area contributed by atoms with Crippen molar-refractivity contribution < 1.29 is 9.13 Å². The van der Waals surface area contributed by atoms with Crippen molar-refractivity contribution >= 4 is 45.7 Å². The monoisotopic (exact) mass is 471 g/mol. The Morgan fingerprint density at radius 3 is 2.40 bits per heavy atom. The average molecular weight is 472 g/mol. The van der Waals surface area contributed by atoms with Crippen LogP contribution in [0.2, 0.25) is 0 Å². The van der Waals surface area contributed by atoms with E-state index in [1.807, 2.05) is 29.2 Å². The highest BCUT2D eigenvalue weighted by molar-refractivity contribution is 9.10. The Kier molecular flexibility index (Phi) is 6.45. The summed E-state index contributed by atoms with van der Waals surface area (Å²) in [6, 6.07) is 13.7. The van der Waals surface area contributed by atoms with Crippen LogP contribution < -0.4 is 15.6 Å². The van der Waals surface area contributed by atoms with Gasteiger partial charge in [0.2, 0.25) is 17.8 Å². The summed E-state index contributed by atoms with van der Waals surface area (Å²) in [5.74, 6) is 0.831. The molecule has 1 aliphatic rings. The van der Waals surface area contributed by atoms with Crippen molar-refractivity contribution in [3.8, 4) is 0 Å². The highest BCUT2D eigenvalue weighted by Gasteiger charge is 2.16. The summed E-state index contributed by atoms with van der Waals surface area (Å²) >= 11 is 3.41. The van der Waals surface area contributed by atoms with Gasteiger partial charge in [-0.15, -0.1) is 0 Å². The van der Waals surface area contributed by atoms with E-state index in [9.17, 15) is 4.39 Å². The van der Waals surface area contributed by atoms with E-state index in [-0.39, 0.29) is 5.82 Å². The predicted molar refractivity (Wildman–Crippen MR) is 118 cm³/mol. The van der Waals surface area contributed by atoms with Crippen molar-refractivity contribution in [3.05, 3.63) is 64.4 Å². The molecular formula is C20H19BrFN7O. The van der Waals surface area contributed by atoms with Crippen LogP contribution >= 0.6 is 15.9 Å². The molecule has 2 aromatic carbocycles. The van der Waals surface area contributed by atoms with Crippen LogP contribution in [0.1, 0.15) is 5.56 Å². The number of aromatic nitrogens is 3. The molecule has 30 heavy (non-hydrogen) atoms. The SMILES string of the molecule is Fc1ccc(Nc2nc(N/N=C/c3ccc(Br)cc3)nc(N3CCOCC3)n2)cc1. The van der Waals surface area contributed by atoms with Crippen LogP contribution in [0.15, 0.2) is 58.1 Å². The minimum absolute atomic E-state index is 0.296. The van der Waals surface area contributed by atoms with Crippen molar-refractivity contribution in [1.29, 1.82) is 0 Å². The number of ether oxygens (including phenoxy) is 1. The van der Waals surface area contributed by atoms with Gasteiger partial charge in [-0.3, -0.25) is 0 Å². The lowest BCUT2D eigenvalue weighted by Crippen LogP contribution is -2.37. The van der Waals surface area contributed by atoms with Gasteiger partial charge in [-0.05, 0) is 42.0 Å². The van der Waals surface area contributed by atoms with E-state index in [0.717, 1.165) is 10.0 Å². The van der Waals surface area contributed by atoms with Gasteiger partial charge in [0, 0.05) is 23.2 Å². The van der Waals surface area contributed by atoms with E-state index in [4.69, 9.17) is 4.74 Å². The number of rotatable bonds is 6. The van der Waals surface area contributed by atoms with Crippen LogP contribution in [-0.4, -0.2) is 47.5 Å². The van der Waals surface area contributed by atoms with Gasteiger partial charge in [-0.2, -0.15) is 20.1 Å². The lowest BCUT2D eigenvalue weighted by molar-refractivity contribution is 0.122. The van der Waals surface area contributed by atoms with E-state index in [1.165, 1.54) is 12.1 Å². The summed E-state index contributed by atoms with van der Waals surface area (Å²) in [6.07, 6.45) is 1.68. The molecule has 2 N–H and O–H groups in total. The average Bonchev–Trinajstić information content (AvgIpc) is 2.77. The first-order valence-corrected chi connectivity index (χ1v) is 10.1. The second-order valence-electron chi connectivity index (χ2n) is 6.44. The van der Waals surface area contributed by atoms with Gasteiger partial charge in [-0.25, -0.2) is 9.82 Å². The summed E-state index contributed by atoms with van der Waals surface area (Å²) in [6.45, 7) is 2.58. The number of halogens is 2. The largest absolute Gasteiger partial charge is 0.378 e. The number of nitrogens with zero attached hydrogens (tertiary/aromatic N) is 5. The molecule has 1 aromatic heterocycles. The molecule has 0 radical (unpaired) electrons. The van der Waals surface area contributed by atoms with Crippen LogP contribution in [0, 0.1) is 5.82 Å². The third kappa shape index (κ3) is 5.49. The quantitative estimate of drug-likeness (QED) is 0.417. The van der Waals surface area contributed by atoms with Gasteiger partial charge in [0.1, 0.15) is 5.82 Å². The maximum absolute atomic E-state index is 13.2. The van der Waals surface area contributed by atoms with Crippen molar-refractivity contribution in [3.63, 3.8) is 0 Å². The van der Waals surface area contributed by atoms with E-state index in [1.54, 1.807) is 18.3 Å². The topological polar surface area (TPSA) is 87.6 Å². The Hall–Kier alpha value is -3.11. The zero-order valence-corrected chi connectivity index (χ0v) is 17.5. The molecule has 0 unspecified atom stereocenters. The van der Waals surface area contributed by atoms with Crippen LogP contribution in [0.25, 0.3) is 0 Å². The standard InChI is InChI=1S/C20H19BrFN7O/c21-15-3-1-14(2-4-15)13-23-28-19-25-18(24-17-7-5-16(22)6-8-17)26-20(27-19)29-9-11-30-12-10-29/h1-8,13H,9-12H2,(H2,24,25,26,27,28)/b23-13+. The first kappa shape index (κ1) is 20.2. The number of hydrogen-bond acceptors (Lipinski definition) is 8. The molecule has 2 heterocycles. The molecule has 1 fully saturated rings. The van der Waals surface area contributed by atoms with Crippen LogP contribution in [0.5, 0.6) is 0 Å². The van der Waals surface area contributed by atoms with Crippen molar-refractivity contribution in [2.24, 2.45) is 5.10 Å². The number of benzene rings is 2. The molecule has 0 bridgehead atoms. The van der Waals surface area contributed by atoms with Crippen molar-refractivity contribution in [1.82, 2.24) is 15.0 Å². The molecule has 10 heteroatoms. The fourth-order valence-electron chi connectivity index (χ4n) is 2.75. The molecule has 1 saturated heterocycles. The third-order valence-corrected chi connectivity index (χ3v) is 4.79. The summed E-state index contributed by atoms with van der Waals surface area (Å²) in [4.78, 5) is 15.4. The maximum atomic E-state index is 13.2. The zero-order chi connectivity index (χ0) is 20.8. The Balaban J connectivity index is 1.55. The molecule has 4 rings (SSSR count). The minimum Gasteiger partial charge on any atom is -0.378 e. The molecule has 154 valence electrons. The first-order chi connectivity index (χ1) is 14.7. The second-order valence-corrected chi connectivity index (χ2v) is 7.35. The minimum atomic E-state index is -0.310. The molecule has 0 atom stereocenters. The maximum Gasteiger partial charge on any atom is 0.250 e. The number of morpholine rings is 1. The molecule has 0 spiro atoms. The summed E-state index contributed by atoms with van der Waals surface area (Å²) in [5.41, 5.74) is 4.46. The van der Waals surface area contributed by atoms with Crippen molar-refractivity contribution in [2.45, 2.75) is 0 Å². The molecule has 1 aliphatic heterocycles. The van der Waals surface area contributed by atoms with Gasteiger partial charge >= 0.3 is 0 Å². The molecule has 0 aliphatic carbocycles. The molecule has 8 nitrogen and oxygen atoms in total. The lowest BCUT2D eigenvalue weighted by atomic mass is 10.2. The molecule has 0 amide bonds. The van der Waals surface area contributed by atoms with Gasteiger partial charge in [0.15, 0.2) is 0 Å². The molecular weight excluding hydrogens is 453 g/mol. The Morgan fingerprint density at radius 2 is 1.67 bits per heavy atom. The van der Waals surface area contributed by atoms with E-state index >= 15 is 0 Å². The number of anilines is 4. The fourth-order valence-corrected chi connectivity index (χ4v) is 3.02. The van der Waals surface area contributed by atoms with E-state index in [2.05, 4.69) is 46.7 Å². The third-order valence-electron chi connectivity index (χ3n) is 4.27.